The molecule has 1 N–H and O–H groups in total. The Morgan fingerprint density at radius 3 is 2.88 bits per heavy atom. The van der Waals surface area contributed by atoms with Crippen molar-refractivity contribution in [2.75, 3.05) is 43.6 Å². The van der Waals surface area contributed by atoms with Crippen LogP contribution >= 0.6 is 0 Å². The van der Waals surface area contributed by atoms with Gasteiger partial charge in [-0.1, -0.05) is 0 Å². The van der Waals surface area contributed by atoms with Gasteiger partial charge in [0.05, 0.1) is 31.2 Å². The van der Waals surface area contributed by atoms with Crippen LogP contribution in [0.15, 0.2) is 30.5 Å². The van der Waals surface area contributed by atoms with Crippen LogP contribution in [0.25, 0.3) is 0 Å². The topological polar surface area (TPSA) is 100.0 Å². The van der Waals surface area contributed by atoms with E-state index in [0.29, 0.717) is 37.7 Å². The van der Waals surface area contributed by atoms with Crippen LogP contribution in [0.3, 0.4) is 0 Å². The van der Waals surface area contributed by atoms with Crippen molar-refractivity contribution in [1.82, 2.24) is 9.88 Å². The van der Waals surface area contributed by atoms with Crippen molar-refractivity contribution in [3.8, 4) is 17.7 Å². The number of nitrogens with zero attached hydrogens (tertiary/aromatic N) is 4. The van der Waals surface area contributed by atoms with Gasteiger partial charge in [0.15, 0.2) is 0 Å². The molecule has 1 atom stereocenters. The number of hydrogen-bond donors (Lipinski definition) is 1. The fourth-order valence-corrected chi connectivity index (χ4v) is 4.01. The van der Waals surface area contributed by atoms with Crippen LogP contribution in [0.2, 0.25) is 0 Å². The van der Waals surface area contributed by atoms with E-state index in [9.17, 15) is 10.1 Å². The van der Waals surface area contributed by atoms with Gasteiger partial charge in [-0.05, 0) is 51.5 Å². The number of carbonyl (C=O) groups excluding carboxylic acids is 1. The van der Waals surface area contributed by atoms with Crippen LogP contribution in [0.1, 0.15) is 34.2 Å². The molecule has 176 valence electrons. The molecule has 33 heavy (non-hydrogen) atoms. The predicted octanol–water partition coefficient (Wildman–Crippen LogP) is 4.16. The number of amides is 1. The van der Waals surface area contributed by atoms with Crippen molar-refractivity contribution >= 4 is 23.2 Å². The quantitative estimate of drug-likeness (QED) is 0.737. The van der Waals surface area contributed by atoms with E-state index in [0.717, 1.165) is 29.2 Å². The summed E-state index contributed by atoms with van der Waals surface area (Å²) in [5, 5.41) is 13.0. The minimum atomic E-state index is -0.508. The van der Waals surface area contributed by atoms with Gasteiger partial charge in [0.25, 0.3) is 0 Å². The third kappa shape index (κ3) is 5.06. The molecule has 1 aromatic carbocycles. The number of hydrogen-bond acceptors (Lipinski definition) is 8. The Morgan fingerprint density at radius 2 is 2.15 bits per heavy atom. The van der Waals surface area contributed by atoms with Gasteiger partial charge in [0, 0.05) is 26.2 Å². The maximum Gasteiger partial charge on any atom is 0.410 e. The number of nitrogens with one attached hydrogen (secondary N) is 1. The molecule has 0 aliphatic carbocycles. The van der Waals surface area contributed by atoms with E-state index in [1.165, 1.54) is 7.11 Å². The first kappa shape index (κ1) is 22.5. The van der Waals surface area contributed by atoms with E-state index >= 15 is 0 Å². The number of ether oxygens (including phenoxy) is 3. The fourth-order valence-electron chi connectivity index (χ4n) is 4.01. The number of nitriles is 1. The molecule has 1 saturated heterocycles. The first-order chi connectivity index (χ1) is 15.8. The van der Waals surface area contributed by atoms with Crippen LogP contribution in [-0.2, 0) is 4.74 Å². The summed E-state index contributed by atoms with van der Waals surface area (Å²) in [6, 6.07) is 9.98. The molecule has 2 aromatic rings. The van der Waals surface area contributed by atoms with E-state index in [-0.39, 0.29) is 13.6 Å². The van der Waals surface area contributed by atoms with Gasteiger partial charge in [0.2, 0.25) is 5.88 Å². The molecule has 1 aromatic heterocycles. The minimum absolute atomic E-state index is 0. The van der Waals surface area contributed by atoms with Crippen LogP contribution in [0.5, 0.6) is 11.6 Å². The van der Waals surface area contributed by atoms with Crippen LogP contribution in [-0.4, -0.2) is 61.0 Å². The van der Waals surface area contributed by atoms with Gasteiger partial charge >= 0.3 is 6.09 Å². The summed E-state index contributed by atoms with van der Waals surface area (Å²) in [5.41, 5.74) is 2.50. The Morgan fingerprint density at radius 1 is 1.33 bits per heavy atom. The SMILES string of the molecule is COc1ncc(N2CCOc3ccc(NC4CCN(C(=O)OC(C)(C)C)C4)cc32)cc1C#N.[HH]. The van der Waals surface area contributed by atoms with Gasteiger partial charge in [-0.2, -0.15) is 5.26 Å². The predicted molar refractivity (Wildman–Crippen MR) is 126 cm³/mol. The zero-order valence-corrected chi connectivity index (χ0v) is 19.4. The highest BCUT2D eigenvalue weighted by Gasteiger charge is 2.30. The zero-order valence-electron chi connectivity index (χ0n) is 19.4. The number of benzene rings is 1. The van der Waals surface area contributed by atoms with Crippen molar-refractivity contribution in [1.29, 1.82) is 5.26 Å². The molecule has 0 spiro atoms. The number of methoxy groups -OCH3 is 1. The van der Waals surface area contributed by atoms with E-state index < -0.39 is 5.60 Å². The smallest absolute Gasteiger partial charge is 0.410 e. The maximum absolute atomic E-state index is 12.4. The van der Waals surface area contributed by atoms with Crippen molar-refractivity contribution in [2.24, 2.45) is 0 Å². The summed E-state index contributed by atoms with van der Waals surface area (Å²) in [6.07, 6.45) is 2.26. The van der Waals surface area contributed by atoms with E-state index in [1.54, 1.807) is 17.2 Å². The molecule has 0 saturated carbocycles. The normalized spacial score (nSPS) is 17.6. The maximum atomic E-state index is 12.4. The highest BCUT2D eigenvalue weighted by molar-refractivity contribution is 5.75. The number of anilines is 3. The first-order valence-corrected chi connectivity index (χ1v) is 11.0. The molecule has 1 amide bonds. The molecule has 0 radical (unpaired) electrons. The first-order valence-electron chi connectivity index (χ1n) is 11.0. The second kappa shape index (κ2) is 9.06. The molecule has 9 nitrogen and oxygen atoms in total. The number of aromatic nitrogens is 1. The molecule has 1 fully saturated rings. The van der Waals surface area contributed by atoms with E-state index in [4.69, 9.17) is 14.2 Å². The average Bonchev–Trinajstić information content (AvgIpc) is 3.26. The van der Waals surface area contributed by atoms with E-state index in [1.807, 2.05) is 39.0 Å². The van der Waals surface area contributed by atoms with Gasteiger partial charge in [-0.25, -0.2) is 9.78 Å². The molecular formula is C24H31N5O4. The van der Waals surface area contributed by atoms with Crippen LogP contribution in [0.4, 0.5) is 21.9 Å². The third-order valence-corrected chi connectivity index (χ3v) is 5.50. The summed E-state index contributed by atoms with van der Waals surface area (Å²) in [5.74, 6) is 1.07. The summed E-state index contributed by atoms with van der Waals surface area (Å²) >= 11 is 0. The number of pyridine rings is 1. The van der Waals surface area contributed by atoms with Gasteiger partial charge in [0.1, 0.15) is 29.6 Å². The lowest BCUT2D eigenvalue weighted by molar-refractivity contribution is 0.0293. The lowest BCUT2D eigenvalue weighted by atomic mass is 10.1. The van der Waals surface area contributed by atoms with Gasteiger partial charge < -0.3 is 29.3 Å². The van der Waals surface area contributed by atoms with Crippen molar-refractivity contribution in [3.63, 3.8) is 0 Å². The zero-order chi connectivity index (χ0) is 23.6. The Hall–Kier alpha value is -3.67. The molecule has 1 unspecified atom stereocenters. The Bertz CT molecular complexity index is 1080. The fraction of sp³-hybridized carbons (Fsp3) is 0.458. The summed E-state index contributed by atoms with van der Waals surface area (Å²) in [4.78, 5) is 20.5. The van der Waals surface area contributed by atoms with Crippen molar-refractivity contribution < 1.29 is 20.4 Å². The lowest BCUT2D eigenvalue weighted by Gasteiger charge is -2.32. The summed E-state index contributed by atoms with van der Waals surface area (Å²) in [7, 11) is 1.50. The molecule has 4 rings (SSSR count). The highest BCUT2D eigenvalue weighted by Crippen LogP contribution is 2.39. The Kier molecular flexibility index (Phi) is 6.18. The monoisotopic (exact) mass is 453 g/mol. The lowest BCUT2D eigenvalue weighted by Crippen LogP contribution is -2.36. The number of fused-ring (bicyclic) bond motifs is 1. The molecule has 2 aliphatic heterocycles. The molecule has 2 aliphatic rings. The minimum Gasteiger partial charge on any atom is -0.490 e. The van der Waals surface area contributed by atoms with E-state index in [2.05, 4.69) is 21.3 Å². The summed E-state index contributed by atoms with van der Waals surface area (Å²) in [6.45, 7) is 8.01. The number of rotatable bonds is 4. The second-order valence-corrected chi connectivity index (χ2v) is 9.10. The number of carbonyl (C=O) groups is 1. The Labute approximate surface area is 195 Å². The molecule has 3 heterocycles. The number of likely N-dealkylation sites (tertiary alicyclic amines) is 1. The molecule has 9 heteroatoms. The van der Waals surface area contributed by atoms with Gasteiger partial charge in [-0.3, -0.25) is 0 Å². The van der Waals surface area contributed by atoms with Crippen molar-refractivity contribution in [3.05, 3.63) is 36.0 Å². The average molecular weight is 454 g/mol. The van der Waals surface area contributed by atoms with Crippen LogP contribution in [0, 0.1) is 11.3 Å². The standard InChI is InChI=1S/C24H29N5O4.H2/c1-24(2,3)33-23(30)28-8-7-18(15-28)27-17-5-6-21-20(12-17)29(9-10-32-21)19-11-16(13-25)22(31-4)26-14-19;/h5-6,11-12,14,18,27H,7-10,15H2,1-4H3;1H. The summed E-state index contributed by atoms with van der Waals surface area (Å²) < 4.78 is 16.5. The molecule has 0 bridgehead atoms. The van der Waals surface area contributed by atoms with Crippen LogP contribution < -0.4 is 19.7 Å². The van der Waals surface area contributed by atoms with Gasteiger partial charge in [-0.15, -0.1) is 0 Å². The second-order valence-electron chi connectivity index (χ2n) is 9.10. The highest BCUT2D eigenvalue weighted by atomic mass is 16.6. The largest absolute Gasteiger partial charge is 0.490 e. The third-order valence-electron chi connectivity index (χ3n) is 5.50. The Balaban J connectivity index is 0.00000324. The molecular weight excluding hydrogens is 422 g/mol. The van der Waals surface area contributed by atoms with Crippen molar-refractivity contribution in [2.45, 2.75) is 38.8 Å².